The molecule has 0 heterocycles. The second-order valence-electron chi connectivity index (χ2n) is 10.7. The predicted molar refractivity (Wildman–Crippen MR) is 165 cm³/mol. The van der Waals surface area contributed by atoms with E-state index in [4.69, 9.17) is 18.4 Å². The number of carbonyl (C=O) groups excluding carboxylic acids is 1. The van der Waals surface area contributed by atoms with Gasteiger partial charge in [0.1, 0.15) is 30.0 Å². The molecular weight excluding hydrogens is 698 g/mol. The molecule has 0 saturated carbocycles. The molecule has 9 nitrogen and oxygen atoms in total. The summed E-state index contributed by atoms with van der Waals surface area (Å²) in [4.78, 5) is 13.0. The zero-order chi connectivity index (χ0) is 36.5. The summed E-state index contributed by atoms with van der Waals surface area (Å²) in [5.41, 5.74) is 2.38. The number of carbonyl (C=O) groups is 1. The molecule has 268 valence electrons. The largest absolute Gasteiger partial charge is 0.573 e. The summed E-state index contributed by atoms with van der Waals surface area (Å²) in [6.07, 6.45) is -10.7. The number of rotatable bonds is 15. The summed E-state index contributed by atoms with van der Waals surface area (Å²) >= 11 is 0. The van der Waals surface area contributed by atoms with Crippen molar-refractivity contribution in [2.45, 2.75) is 43.7 Å². The van der Waals surface area contributed by atoms with Crippen LogP contribution >= 0.6 is 0 Å². The lowest BCUT2D eigenvalue weighted by atomic mass is 10.0. The van der Waals surface area contributed by atoms with Crippen LogP contribution in [0.25, 0.3) is 0 Å². The van der Waals surface area contributed by atoms with Gasteiger partial charge in [0.05, 0.1) is 30.8 Å². The van der Waals surface area contributed by atoms with Crippen molar-refractivity contribution in [2.75, 3.05) is 20.3 Å². The van der Waals surface area contributed by atoms with Gasteiger partial charge in [-0.15, -0.1) is 26.3 Å². The Labute approximate surface area is 283 Å². The Hall–Kier alpha value is -4.80. The Morgan fingerprint density at radius 1 is 0.740 bits per heavy atom. The van der Waals surface area contributed by atoms with Gasteiger partial charge < -0.3 is 23.7 Å². The maximum atomic E-state index is 13.1. The molecule has 4 aromatic carbocycles. The van der Waals surface area contributed by atoms with Gasteiger partial charge in [-0.25, -0.2) is 4.79 Å². The van der Waals surface area contributed by atoms with E-state index in [0.29, 0.717) is 22.4 Å². The average molecular weight is 729 g/mol. The van der Waals surface area contributed by atoms with Crippen molar-refractivity contribution < 1.29 is 67.4 Å². The zero-order valence-corrected chi connectivity index (χ0v) is 27.2. The number of aryl methyl sites for hydroxylation is 1. The van der Waals surface area contributed by atoms with E-state index in [1.54, 1.807) is 19.1 Å². The Morgan fingerprint density at radius 2 is 1.30 bits per heavy atom. The number of alkyl halides is 6. The molecule has 1 unspecified atom stereocenters. The van der Waals surface area contributed by atoms with Crippen LogP contribution in [0, 0.1) is 6.92 Å². The summed E-state index contributed by atoms with van der Waals surface area (Å²) in [6, 6.07) is 20.2. The molecule has 0 aliphatic heterocycles. The molecule has 0 saturated heterocycles. The van der Waals surface area contributed by atoms with Gasteiger partial charge in [0.25, 0.3) is 10.1 Å². The van der Waals surface area contributed by atoms with Crippen molar-refractivity contribution in [1.82, 2.24) is 0 Å². The SMILES string of the molecule is COc1ccc(C(=O)OCC(COS(=O)(=O)c2ccc(C)cc2)OCc2ccc(OC(F)(F)F)cc2)cc1Cc1ccc(OC(F)(F)F)cc1. The third kappa shape index (κ3) is 12.0. The summed E-state index contributed by atoms with van der Waals surface area (Å²) in [5, 5.41) is 0. The fraction of sp³-hybridized carbons (Fsp3) is 0.265. The highest BCUT2D eigenvalue weighted by atomic mass is 32.2. The zero-order valence-electron chi connectivity index (χ0n) is 26.4. The highest BCUT2D eigenvalue weighted by molar-refractivity contribution is 7.86. The first-order valence-corrected chi connectivity index (χ1v) is 16.0. The van der Waals surface area contributed by atoms with Gasteiger partial charge in [-0.3, -0.25) is 4.18 Å². The van der Waals surface area contributed by atoms with E-state index in [0.717, 1.165) is 29.8 Å². The lowest BCUT2D eigenvalue weighted by molar-refractivity contribution is -0.275. The van der Waals surface area contributed by atoms with Crippen molar-refractivity contribution in [3.8, 4) is 17.2 Å². The second-order valence-corrected chi connectivity index (χ2v) is 12.3. The normalized spacial score (nSPS) is 12.6. The number of ether oxygens (including phenoxy) is 5. The predicted octanol–water partition coefficient (Wildman–Crippen LogP) is 7.54. The van der Waals surface area contributed by atoms with E-state index in [2.05, 4.69) is 9.47 Å². The minimum Gasteiger partial charge on any atom is -0.496 e. The Bertz CT molecular complexity index is 1830. The summed E-state index contributed by atoms with van der Waals surface area (Å²) in [5.74, 6) is -1.29. The number of benzene rings is 4. The van der Waals surface area contributed by atoms with Crippen LogP contribution < -0.4 is 14.2 Å². The maximum absolute atomic E-state index is 13.1. The molecule has 50 heavy (non-hydrogen) atoms. The molecule has 0 bridgehead atoms. The van der Waals surface area contributed by atoms with E-state index in [-0.39, 0.29) is 23.5 Å². The first kappa shape index (κ1) is 38.0. The number of hydrogen-bond donors (Lipinski definition) is 0. The average Bonchev–Trinajstić information content (AvgIpc) is 3.04. The number of methoxy groups -OCH3 is 1. The van der Waals surface area contributed by atoms with Gasteiger partial charge in [0.2, 0.25) is 0 Å². The van der Waals surface area contributed by atoms with Gasteiger partial charge in [-0.05, 0) is 78.2 Å². The van der Waals surface area contributed by atoms with Crippen molar-refractivity contribution in [3.63, 3.8) is 0 Å². The van der Waals surface area contributed by atoms with Crippen LogP contribution in [0.2, 0.25) is 0 Å². The monoisotopic (exact) mass is 728 g/mol. The minimum absolute atomic E-state index is 0.0741. The van der Waals surface area contributed by atoms with Gasteiger partial charge in [-0.2, -0.15) is 8.42 Å². The molecule has 0 radical (unpaired) electrons. The molecule has 16 heteroatoms. The van der Waals surface area contributed by atoms with Crippen molar-refractivity contribution in [1.29, 1.82) is 0 Å². The molecule has 0 amide bonds. The molecule has 4 aromatic rings. The van der Waals surface area contributed by atoms with Crippen LogP contribution in [0.1, 0.15) is 32.6 Å². The quantitative estimate of drug-likeness (QED) is 0.0698. The van der Waals surface area contributed by atoms with Crippen molar-refractivity contribution in [3.05, 3.63) is 119 Å². The Balaban J connectivity index is 1.45. The number of esters is 1. The topological polar surface area (TPSA) is 107 Å². The maximum Gasteiger partial charge on any atom is 0.573 e. The molecule has 1 atom stereocenters. The number of hydrogen-bond acceptors (Lipinski definition) is 9. The third-order valence-corrected chi connectivity index (χ3v) is 8.13. The lowest BCUT2D eigenvalue weighted by Gasteiger charge is -2.19. The highest BCUT2D eigenvalue weighted by Crippen LogP contribution is 2.27. The standard InChI is InChI=1S/C34H30F6O9S/c1-22-3-14-30(15-4-22)50(42,43)47-21-29(45-19-24-7-12-28(13-8-24)49-34(38,39)40)20-46-32(41)25-9-16-31(44-2)26(18-25)17-23-5-10-27(11-6-23)48-33(35,36)37/h3-16,18,29H,17,19-21H2,1-2H3. The molecule has 0 fully saturated rings. The Morgan fingerprint density at radius 3 is 1.84 bits per heavy atom. The fourth-order valence-electron chi connectivity index (χ4n) is 4.41. The van der Waals surface area contributed by atoms with E-state index >= 15 is 0 Å². The molecule has 0 aliphatic rings. The van der Waals surface area contributed by atoms with Crippen LogP contribution in [0.15, 0.2) is 95.9 Å². The molecule has 0 N–H and O–H groups in total. The molecule has 0 aliphatic carbocycles. The summed E-state index contributed by atoms with van der Waals surface area (Å²) in [7, 11) is -2.84. The fourth-order valence-corrected chi connectivity index (χ4v) is 5.35. The lowest BCUT2D eigenvalue weighted by Crippen LogP contribution is -2.28. The highest BCUT2D eigenvalue weighted by Gasteiger charge is 2.32. The van der Waals surface area contributed by atoms with E-state index < -0.39 is 59.6 Å². The van der Waals surface area contributed by atoms with Gasteiger partial charge in [-0.1, -0.05) is 42.0 Å². The van der Waals surface area contributed by atoms with Crippen LogP contribution in [0.3, 0.4) is 0 Å². The smallest absolute Gasteiger partial charge is 0.496 e. The van der Waals surface area contributed by atoms with E-state index in [9.17, 15) is 39.6 Å². The second kappa shape index (κ2) is 16.3. The molecule has 4 rings (SSSR count). The summed E-state index contributed by atoms with van der Waals surface area (Å²) < 4.78 is 130. The molecular formula is C34H30F6O9S. The minimum atomic E-state index is -4.88. The van der Waals surface area contributed by atoms with E-state index in [1.165, 1.54) is 61.7 Å². The first-order chi connectivity index (χ1) is 23.5. The molecule has 0 spiro atoms. The van der Waals surface area contributed by atoms with Crippen LogP contribution in [-0.2, 0) is 36.8 Å². The number of halogens is 6. The van der Waals surface area contributed by atoms with Crippen LogP contribution in [0.5, 0.6) is 17.2 Å². The third-order valence-electron chi connectivity index (χ3n) is 6.83. The van der Waals surface area contributed by atoms with Gasteiger partial charge in [0.15, 0.2) is 0 Å². The van der Waals surface area contributed by atoms with E-state index in [1.807, 2.05) is 0 Å². The Kier molecular flexibility index (Phi) is 12.4. The van der Waals surface area contributed by atoms with Gasteiger partial charge in [0, 0.05) is 6.42 Å². The van der Waals surface area contributed by atoms with Crippen molar-refractivity contribution >= 4 is 16.1 Å². The van der Waals surface area contributed by atoms with Crippen LogP contribution in [-0.4, -0.2) is 53.5 Å². The summed E-state index contributed by atoms with van der Waals surface area (Å²) in [6.45, 7) is 0.486. The van der Waals surface area contributed by atoms with Gasteiger partial charge >= 0.3 is 18.7 Å². The van der Waals surface area contributed by atoms with Crippen LogP contribution in [0.4, 0.5) is 26.3 Å². The molecule has 0 aromatic heterocycles. The first-order valence-electron chi connectivity index (χ1n) is 14.6. The van der Waals surface area contributed by atoms with Crippen molar-refractivity contribution in [2.24, 2.45) is 0 Å².